The third-order valence-corrected chi connectivity index (χ3v) is 7.78. The topological polar surface area (TPSA) is 299 Å². The second kappa shape index (κ2) is 21.5. The smallest absolute Gasteiger partial charge is 0.243 e. The molecule has 284 valence electrons. The Bertz CT molecular complexity index is 1530. The van der Waals surface area contributed by atoms with Crippen LogP contribution in [0.5, 0.6) is 5.75 Å². The van der Waals surface area contributed by atoms with Crippen molar-refractivity contribution in [2.75, 3.05) is 13.1 Å². The normalized spacial score (nSPS) is 13.7. The lowest BCUT2D eigenvalue weighted by molar-refractivity contribution is -0.134. The van der Waals surface area contributed by atoms with Crippen LogP contribution in [-0.4, -0.2) is 89.8 Å². The van der Waals surface area contributed by atoms with E-state index in [0.717, 1.165) is 0 Å². The quantitative estimate of drug-likeness (QED) is 0.0390. The van der Waals surface area contributed by atoms with Crippen molar-refractivity contribution in [1.29, 1.82) is 0 Å². The number of hydrogen-bond donors (Lipinski definition) is 10. The highest BCUT2D eigenvalue weighted by Gasteiger charge is 2.30. The molecule has 6 amide bonds. The van der Waals surface area contributed by atoms with Gasteiger partial charge in [-0.25, -0.2) is 0 Å². The zero-order valence-corrected chi connectivity index (χ0v) is 29.8. The van der Waals surface area contributed by atoms with Crippen molar-refractivity contribution in [2.45, 2.75) is 83.1 Å². The van der Waals surface area contributed by atoms with Gasteiger partial charge in [0.05, 0.1) is 12.6 Å². The van der Waals surface area contributed by atoms with Crippen LogP contribution in [0.1, 0.15) is 51.2 Å². The first-order valence-electron chi connectivity index (χ1n) is 17.0. The highest BCUT2D eigenvalue weighted by Crippen LogP contribution is 2.12. The Kier molecular flexibility index (Phi) is 17.5. The number of amides is 6. The van der Waals surface area contributed by atoms with Gasteiger partial charge in [-0.15, -0.1) is 0 Å². The number of benzene rings is 2. The SMILES string of the molecule is CC(C)C[C@H](NC(=O)[C@@H](Cc1ccccc1)NC(=O)CNC(=O)[C@@H](C)NC(=O)[C@@H](N)Cc1ccc(O)cc1)C(=O)N[C@@H](CCCN=C(N)N)C(N)=O. The maximum Gasteiger partial charge on any atom is 0.243 e. The van der Waals surface area contributed by atoms with E-state index in [2.05, 4.69) is 31.6 Å². The number of hydrogen-bond acceptors (Lipinski definition) is 9. The van der Waals surface area contributed by atoms with Gasteiger partial charge in [0.1, 0.15) is 29.9 Å². The molecule has 2 aromatic carbocycles. The highest BCUT2D eigenvalue weighted by atomic mass is 16.3. The van der Waals surface area contributed by atoms with Gasteiger partial charge in [-0.2, -0.15) is 0 Å². The second-order valence-electron chi connectivity index (χ2n) is 12.8. The van der Waals surface area contributed by atoms with Gasteiger partial charge in [0.15, 0.2) is 5.96 Å². The summed E-state index contributed by atoms with van der Waals surface area (Å²) in [5, 5.41) is 22.3. The fourth-order valence-corrected chi connectivity index (χ4v) is 5.03. The van der Waals surface area contributed by atoms with Gasteiger partial charge in [-0.1, -0.05) is 56.3 Å². The van der Waals surface area contributed by atoms with Crippen LogP contribution < -0.4 is 49.5 Å². The number of primary amides is 1. The first-order valence-corrected chi connectivity index (χ1v) is 17.0. The Morgan fingerprint density at radius 1 is 0.712 bits per heavy atom. The van der Waals surface area contributed by atoms with E-state index in [1.165, 1.54) is 19.1 Å². The van der Waals surface area contributed by atoms with Crippen LogP contribution in [0.15, 0.2) is 59.6 Å². The van der Waals surface area contributed by atoms with Crippen LogP contribution in [0, 0.1) is 5.92 Å². The molecule has 0 unspecified atom stereocenters. The molecule has 17 nitrogen and oxygen atoms in total. The Morgan fingerprint density at radius 2 is 1.31 bits per heavy atom. The van der Waals surface area contributed by atoms with Gasteiger partial charge in [-0.05, 0) is 61.8 Å². The summed E-state index contributed by atoms with van der Waals surface area (Å²) in [6, 6.07) is 9.77. The number of carbonyl (C=O) groups is 6. The summed E-state index contributed by atoms with van der Waals surface area (Å²) >= 11 is 0. The number of phenolic OH excluding ortho intramolecular Hbond substituents is 1. The monoisotopic (exact) mass is 724 g/mol. The van der Waals surface area contributed by atoms with Gasteiger partial charge in [0.25, 0.3) is 0 Å². The molecule has 14 N–H and O–H groups in total. The summed E-state index contributed by atoms with van der Waals surface area (Å²) in [7, 11) is 0. The number of aromatic hydroxyl groups is 1. The van der Waals surface area contributed by atoms with E-state index in [9.17, 15) is 33.9 Å². The number of rotatable bonds is 21. The molecule has 0 radical (unpaired) electrons. The lowest BCUT2D eigenvalue weighted by Gasteiger charge is -2.26. The molecule has 0 bridgehead atoms. The molecule has 52 heavy (non-hydrogen) atoms. The first kappa shape index (κ1) is 42.5. The third-order valence-electron chi connectivity index (χ3n) is 7.78. The molecular formula is C35H52N10O7. The van der Waals surface area contributed by atoms with E-state index in [1.807, 2.05) is 13.8 Å². The zero-order valence-electron chi connectivity index (χ0n) is 29.8. The Morgan fingerprint density at radius 3 is 1.90 bits per heavy atom. The summed E-state index contributed by atoms with van der Waals surface area (Å²) in [5.74, 6) is -4.12. The van der Waals surface area contributed by atoms with Gasteiger partial charge in [-0.3, -0.25) is 33.8 Å². The number of phenols is 1. The average Bonchev–Trinajstić information content (AvgIpc) is 3.08. The molecule has 0 aliphatic rings. The van der Waals surface area contributed by atoms with E-state index in [1.54, 1.807) is 42.5 Å². The van der Waals surface area contributed by atoms with Crippen LogP contribution in [0.2, 0.25) is 0 Å². The Labute approximate surface area is 303 Å². The zero-order chi connectivity index (χ0) is 38.8. The van der Waals surface area contributed by atoms with E-state index in [4.69, 9.17) is 22.9 Å². The molecule has 0 aromatic heterocycles. The minimum atomic E-state index is -1.16. The summed E-state index contributed by atoms with van der Waals surface area (Å²) in [6.07, 6.45) is 0.950. The van der Waals surface area contributed by atoms with Crippen molar-refractivity contribution in [1.82, 2.24) is 26.6 Å². The predicted octanol–water partition coefficient (Wildman–Crippen LogP) is -1.83. The number of nitrogens with two attached hydrogens (primary N) is 4. The van der Waals surface area contributed by atoms with Crippen LogP contribution in [0.4, 0.5) is 0 Å². The molecule has 0 spiro atoms. The van der Waals surface area contributed by atoms with E-state index in [0.29, 0.717) is 17.5 Å². The van der Waals surface area contributed by atoms with Crippen molar-refractivity contribution in [3.05, 3.63) is 65.7 Å². The third kappa shape index (κ3) is 15.9. The van der Waals surface area contributed by atoms with Crippen LogP contribution in [0.3, 0.4) is 0 Å². The second-order valence-corrected chi connectivity index (χ2v) is 12.8. The molecule has 2 rings (SSSR count). The standard InChI is InChI=1S/C35H52N10O7/c1-20(2)16-27(33(51)44-26(30(37)48)10-7-15-40-35(38)39)45-34(52)28(18-22-8-5-4-6-9-22)43-29(47)19-41-31(49)21(3)42-32(50)25(36)17-23-11-13-24(46)14-12-23/h4-6,8-9,11-14,20-21,25-28,46H,7,10,15-19,36H2,1-3H3,(H2,37,48)(H,41,49)(H,42,50)(H,43,47)(H,44,51)(H,45,52)(H4,38,39,40)/t21-,25+,26+,27+,28-/m1/s1. The average molecular weight is 725 g/mol. The fraction of sp³-hybridized carbons (Fsp3) is 0.457. The van der Waals surface area contributed by atoms with Crippen LogP contribution in [-0.2, 0) is 41.6 Å². The van der Waals surface area contributed by atoms with Crippen molar-refractivity contribution in [3.8, 4) is 5.75 Å². The molecule has 0 heterocycles. The maximum atomic E-state index is 13.7. The molecule has 0 aliphatic heterocycles. The van der Waals surface area contributed by atoms with Gasteiger partial charge in [0, 0.05) is 13.0 Å². The molecule has 17 heteroatoms. The maximum absolute atomic E-state index is 13.7. The summed E-state index contributed by atoms with van der Waals surface area (Å²) in [6.45, 7) is 4.83. The lowest BCUT2D eigenvalue weighted by Crippen LogP contribution is -2.58. The predicted molar refractivity (Wildman–Crippen MR) is 195 cm³/mol. The minimum Gasteiger partial charge on any atom is -0.508 e. The molecule has 0 aliphatic carbocycles. The first-order chi connectivity index (χ1) is 24.5. The van der Waals surface area contributed by atoms with Gasteiger partial charge < -0.3 is 54.6 Å². The van der Waals surface area contributed by atoms with Crippen molar-refractivity contribution >= 4 is 41.4 Å². The Hall–Kier alpha value is -5.71. The van der Waals surface area contributed by atoms with Crippen LogP contribution in [0.25, 0.3) is 0 Å². The number of nitrogens with one attached hydrogen (secondary N) is 5. The molecule has 5 atom stereocenters. The van der Waals surface area contributed by atoms with E-state index in [-0.39, 0.29) is 49.9 Å². The van der Waals surface area contributed by atoms with Crippen molar-refractivity contribution < 1.29 is 33.9 Å². The summed E-state index contributed by atoms with van der Waals surface area (Å²) in [5.41, 5.74) is 23.6. The largest absolute Gasteiger partial charge is 0.508 e. The van der Waals surface area contributed by atoms with Crippen LogP contribution >= 0.6 is 0 Å². The lowest BCUT2D eigenvalue weighted by atomic mass is 10.0. The Balaban J connectivity index is 2.06. The number of guanidine groups is 1. The van der Waals surface area contributed by atoms with Crippen molar-refractivity contribution in [3.63, 3.8) is 0 Å². The number of aliphatic imine (C=N–C) groups is 1. The molecule has 0 saturated heterocycles. The number of carbonyl (C=O) groups excluding carboxylic acids is 6. The summed E-state index contributed by atoms with van der Waals surface area (Å²) < 4.78 is 0. The molecule has 2 aromatic rings. The number of nitrogens with zero attached hydrogens (tertiary/aromatic N) is 1. The van der Waals surface area contributed by atoms with E-state index < -0.39 is 72.2 Å². The molecular weight excluding hydrogens is 672 g/mol. The van der Waals surface area contributed by atoms with Crippen molar-refractivity contribution in [2.24, 2.45) is 33.8 Å². The molecule has 0 saturated carbocycles. The minimum absolute atomic E-state index is 0.0489. The molecule has 0 fully saturated rings. The summed E-state index contributed by atoms with van der Waals surface area (Å²) in [4.78, 5) is 81.3. The fourth-order valence-electron chi connectivity index (χ4n) is 5.03. The van der Waals surface area contributed by atoms with Gasteiger partial charge in [0.2, 0.25) is 35.4 Å². The van der Waals surface area contributed by atoms with E-state index >= 15 is 0 Å². The highest BCUT2D eigenvalue weighted by molar-refractivity contribution is 5.95. The van der Waals surface area contributed by atoms with Gasteiger partial charge >= 0.3 is 0 Å².